The van der Waals surface area contributed by atoms with Crippen LogP contribution in [0.2, 0.25) is 0 Å². The molecule has 0 saturated carbocycles. The molecule has 86 valence electrons. The molecule has 3 aromatic rings. The third-order valence-corrected chi connectivity index (χ3v) is 4.19. The van der Waals surface area contributed by atoms with E-state index in [1.807, 2.05) is 24.4 Å². The predicted molar refractivity (Wildman–Crippen MR) is 68.8 cm³/mol. The van der Waals surface area contributed by atoms with Gasteiger partial charge in [0.25, 0.3) is 9.05 Å². The summed E-state index contributed by atoms with van der Waals surface area (Å²) in [4.78, 5) is 3.24. The molecule has 0 amide bonds. The fourth-order valence-electron chi connectivity index (χ4n) is 2.09. The van der Waals surface area contributed by atoms with Gasteiger partial charge < -0.3 is 4.98 Å². The number of nitrogens with one attached hydrogen (secondary N) is 1. The van der Waals surface area contributed by atoms with Gasteiger partial charge in [-0.2, -0.15) is 0 Å². The van der Waals surface area contributed by atoms with E-state index in [1.165, 1.54) is 6.07 Å². The standard InChI is InChI=1S/C12H8ClNO2S/c13-17(15,16)12-3-1-2-8-9-6-7-14-11(9)5-4-10(8)12/h1-7,14H. The van der Waals surface area contributed by atoms with Crippen molar-refractivity contribution >= 4 is 41.4 Å². The van der Waals surface area contributed by atoms with E-state index in [0.717, 1.165) is 16.3 Å². The normalized spacial score (nSPS) is 12.3. The van der Waals surface area contributed by atoms with Crippen LogP contribution in [0, 0.1) is 0 Å². The molecule has 0 saturated heterocycles. The Bertz CT molecular complexity index is 821. The van der Waals surface area contributed by atoms with Crippen LogP contribution in [0.1, 0.15) is 0 Å². The first-order valence-electron chi connectivity index (χ1n) is 5.01. The van der Waals surface area contributed by atoms with Crippen molar-refractivity contribution in [1.29, 1.82) is 0 Å². The molecule has 0 bridgehead atoms. The Morgan fingerprint density at radius 2 is 1.76 bits per heavy atom. The number of benzene rings is 2. The molecule has 1 heterocycles. The Hall–Kier alpha value is -1.52. The van der Waals surface area contributed by atoms with Gasteiger partial charge in [0.15, 0.2) is 0 Å². The van der Waals surface area contributed by atoms with Crippen molar-refractivity contribution in [3.05, 3.63) is 42.6 Å². The van der Waals surface area contributed by atoms with E-state index in [2.05, 4.69) is 4.98 Å². The lowest BCUT2D eigenvalue weighted by Gasteiger charge is -2.04. The third-order valence-electron chi connectivity index (χ3n) is 2.81. The lowest BCUT2D eigenvalue weighted by molar-refractivity contribution is 0.610. The molecule has 2 aromatic carbocycles. The molecule has 0 fully saturated rings. The van der Waals surface area contributed by atoms with Gasteiger partial charge in [0, 0.05) is 33.2 Å². The van der Waals surface area contributed by atoms with Crippen molar-refractivity contribution in [3.8, 4) is 0 Å². The summed E-state index contributed by atoms with van der Waals surface area (Å²) < 4.78 is 23.0. The molecule has 0 aliphatic carbocycles. The maximum Gasteiger partial charge on any atom is 0.261 e. The van der Waals surface area contributed by atoms with Gasteiger partial charge in [-0.1, -0.05) is 18.2 Å². The number of aromatic nitrogens is 1. The summed E-state index contributed by atoms with van der Waals surface area (Å²) in [6.07, 6.45) is 1.83. The molecular weight excluding hydrogens is 258 g/mol. The molecule has 0 aliphatic heterocycles. The fourth-order valence-corrected chi connectivity index (χ4v) is 3.17. The lowest BCUT2D eigenvalue weighted by atomic mass is 10.1. The number of fused-ring (bicyclic) bond motifs is 3. The van der Waals surface area contributed by atoms with E-state index >= 15 is 0 Å². The number of hydrogen-bond donors (Lipinski definition) is 1. The van der Waals surface area contributed by atoms with Gasteiger partial charge in [0.1, 0.15) is 0 Å². The zero-order valence-corrected chi connectivity index (χ0v) is 10.2. The SMILES string of the molecule is O=S(=O)(Cl)c1cccc2c1ccc1[nH]ccc12. The molecule has 1 N–H and O–H groups in total. The van der Waals surface area contributed by atoms with Crippen molar-refractivity contribution in [2.75, 3.05) is 0 Å². The first kappa shape index (κ1) is 10.6. The molecule has 0 aliphatic rings. The second kappa shape index (κ2) is 3.48. The Balaban J connectivity index is 2.57. The summed E-state index contributed by atoms with van der Waals surface area (Å²) in [5.41, 5.74) is 0.974. The highest BCUT2D eigenvalue weighted by Gasteiger charge is 2.14. The molecular formula is C12H8ClNO2S. The number of halogens is 1. The third kappa shape index (κ3) is 1.61. The average molecular weight is 266 g/mol. The maximum absolute atomic E-state index is 11.5. The van der Waals surface area contributed by atoms with Crippen LogP contribution in [0.4, 0.5) is 0 Å². The molecule has 3 nitrogen and oxygen atoms in total. The second-order valence-electron chi connectivity index (χ2n) is 3.79. The molecule has 0 spiro atoms. The highest BCUT2D eigenvalue weighted by molar-refractivity contribution is 8.14. The lowest BCUT2D eigenvalue weighted by Crippen LogP contribution is -1.91. The van der Waals surface area contributed by atoms with Gasteiger partial charge in [0.2, 0.25) is 0 Å². The number of rotatable bonds is 1. The Morgan fingerprint density at radius 1 is 0.941 bits per heavy atom. The minimum atomic E-state index is -3.72. The molecule has 5 heteroatoms. The van der Waals surface area contributed by atoms with Gasteiger partial charge in [-0.25, -0.2) is 8.42 Å². The topological polar surface area (TPSA) is 49.9 Å². The molecule has 3 rings (SSSR count). The van der Waals surface area contributed by atoms with Crippen LogP contribution in [0.3, 0.4) is 0 Å². The van der Waals surface area contributed by atoms with Gasteiger partial charge in [0.05, 0.1) is 4.90 Å². The summed E-state index contributed by atoms with van der Waals surface area (Å²) in [7, 11) is 1.71. The van der Waals surface area contributed by atoms with Gasteiger partial charge in [-0.15, -0.1) is 0 Å². The Kier molecular flexibility index (Phi) is 2.18. The minimum absolute atomic E-state index is 0.153. The zero-order valence-electron chi connectivity index (χ0n) is 8.64. The van der Waals surface area contributed by atoms with Gasteiger partial charge in [-0.05, 0) is 23.6 Å². The summed E-state index contributed by atoms with van der Waals surface area (Å²) in [6.45, 7) is 0. The van der Waals surface area contributed by atoms with E-state index < -0.39 is 9.05 Å². The minimum Gasteiger partial charge on any atom is -0.361 e. The molecule has 1 aromatic heterocycles. The smallest absolute Gasteiger partial charge is 0.261 e. The quantitative estimate of drug-likeness (QED) is 0.687. The van der Waals surface area contributed by atoms with E-state index in [1.54, 1.807) is 12.1 Å². The van der Waals surface area contributed by atoms with Crippen molar-refractivity contribution in [2.24, 2.45) is 0 Å². The first-order chi connectivity index (χ1) is 8.07. The van der Waals surface area contributed by atoms with E-state index in [4.69, 9.17) is 10.7 Å². The molecule has 0 radical (unpaired) electrons. The van der Waals surface area contributed by atoms with Crippen molar-refractivity contribution in [3.63, 3.8) is 0 Å². The van der Waals surface area contributed by atoms with E-state index in [0.29, 0.717) is 5.39 Å². The van der Waals surface area contributed by atoms with Crippen LogP contribution in [0.25, 0.3) is 21.7 Å². The van der Waals surface area contributed by atoms with Crippen LogP contribution in [-0.2, 0) is 9.05 Å². The van der Waals surface area contributed by atoms with Crippen LogP contribution < -0.4 is 0 Å². The predicted octanol–water partition coefficient (Wildman–Crippen LogP) is 3.25. The maximum atomic E-state index is 11.5. The average Bonchev–Trinajstić information content (AvgIpc) is 2.75. The number of H-pyrrole nitrogens is 1. The summed E-state index contributed by atoms with van der Waals surface area (Å²) in [6, 6.07) is 10.6. The monoisotopic (exact) mass is 265 g/mol. The van der Waals surface area contributed by atoms with Gasteiger partial charge in [-0.3, -0.25) is 0 Å². The Morgan fingerprint density at radius 3 is 2.53 bits per heavy atom. The number of aromatic amines is 1. The fraction of sp³-hybridized carbons (Fsp3) is 0. The Labute approximate surface area is 102 Å². The van der Waals surface area contributed by atoms with Crippen LogP contribution >= 0.6 is 10.7 Å². The van der Waals surface area contributed by atoms with Crippen molar-refractivity contribution in [2.45, 2.75) is 4.90 Å². The molecule has 0 unspecified atom stereocenters. The first-order valence-corrected chi connectivity index (χ1v) is 7.32. The summed E-state index contributed by atoms with van der Waals surface area (Å²) in [5, 5.41) is 2.52. The van der Waals surface area contributed by atoms with Crippen LogP contribution in [0.15, 0.2) is 47.5 Å². The van der Waals surface area contributed by atoms with Crippen molar-refractivity contribution < 1.29 is 8.42 Å². The molecule has 0 atom stereocenters. The van der Waals surface area contributed by atoms with Crippen LogP contribution in [-0.4, -0.2) is 13.4 Å². The van der Waals surface area contributed by atoms with E-state index in [-0.39, 0.29) is 4.90 Å². The van der Waals surface area contributed by atoms with Crippen molar-refractivity contribution in [1.82, 2.24) is 4.98 Å². The molecule has 17 heavy (non-hydrogen) atoms. The van der Waals surface area contributed by atoms with Crippen LogP contribution in [0.5, 0.6) is 0 Å². The largest absolute Gasteiger partial charge is 0.361 e. The number of hydrogen-bond acceptors (Lipinski definition) is 2. The van der Waals surface area contributed by atoms with Gasteiger partial charge >= 0.3 is 0 Å². The highest BCUT2D eigenvalue weighted by atomic mass is 35.7. The summed E-state index contributed by atoms with van der Waals surface area (Å²) in [5.74, 6) is 0. The summed E-state index contributed by atoms with van der Waals surface area (Å²) >= 11 is 0. The zero-order chi connectivity index (χ0) is 12.0. The highest BCUT2D eigenvalue weighted by Crippen LogP contribution is 2.30. The van der Waals surface area contributed by atoms with E-state index in [9.17, 15) is 8.42 Å². The second-order valence-corrected chi connectivity index (χ2v) is 6.33.